The summed E-state index contributed by atoms with van der Waals surface area (Å²) in [6.45, 7) is 1.62. The molecule has 7 heteroatoms. The lowest BCUT2D eigenvalue weighted by Gasteiger charge is -2.32. The molecule has 3 amide bonds. The number of benzene rings is 2. The molecule has 164 valence electrons. The summed E-state index contributed by atoms with van der Waals surface area (Å²) < 4.78 is 5.60. The van der Waals surface area contributed by atoms with E-state index in [0.29, 0.717) is 50.9 Å². The maximum absolute atomic E-state index is 12.4. The Labute approximate surface area is 182 Å². The number of piperidine rings is 1. The summed E-state index contributed by atoms with van der Waals surface area (Å²) in [6, 6.07) is 18.4. The van der Waals surface area contributed by atoms with Gasteiger partial charge >= 0.3 is 0 Å². The Morgan fingerprint density at radius 3 is 2.26 bits per heavy atom. The van der Waals surface area contributed by atoms with Crippen LogP contribution in [0.25, 0.3) is 0 Å². The van der Waals surface area contributed by atoms with Crippen molar-refractivity contribution in [3.8, 4) is 5.75 Å². The molecule has 0 bridgehead atoms. The third kappa shape index (κ3) is 7.44. The number of likely N-dealkylation sites (tertiary alicyclic amines) is 1. The number of carbonyl (C=O) groups is 3. The van der Waals surface area contributed by atoms with Gasteiger partial charge in [-0.15, -0.1) is 0 Å². The first-order chi connectivity index (χ1) is 15.1. The molecular formula is C24H29N3O4. The second kappa shape index (κ2) is 11.7. The molecule has 7 nitrogen and oxygen atoms in total. The van der Waals surface area contributed by atoms with Crippen molar-refractivity contribution in [1.82, 2.24) is 15.5 Å². The van der Waals surface area contributed by atoms with Gasteiger partial charge in [0.1, 0.15) is 5.75 Å². The van der Waals surface area contributed by atoms with Crippen LogP contribution in [-0.2, 0) is 9.59 Å². The van der Waals surface area contributed by atoms with E-state index in [1.165, 1.54) is 0 Å². The summed E-state index contributed by atoms with van der Waals surface area (Å²) in [7, 11) is 0. The summed E-state index contributed by atoms with van der Waals surface area (Å²) in [5.41, 5.74) is 0.533. The number of hydrogen-bond acceptors (Lipinski definition) is 4. The average Bonchev–Trinajstić information content (AvgIpc) is 2.82. The molecule has 0 spiro atoms. The van der Waals surface area contributed by atoms with Gasteiger partial charge in [-0.3, -0.25) is 14.4 Å². The van der Waals surface area contributed by atoms with Gasteiger partial charge in [0, 0.05) is 31.1 Å². The lowest BCUT2D eigenvalue weighted by Crippen LogP contribution is -2.49. The van der Waals surface area contributed by atoms with E-state index in [9.17, 15) is 14.4 Å². The smallest absolute Gasteiger partial charge is 0.251 e. The molecule has 2 N–H and O–H groups in total. The van der Waals surface area contributed by atoms with Crippen LogP contribution in [0.4, 0.5) is 0 Å². The van der Waals surface area contributed by atoms with Gasteiger partial charge in [-0.2, -0.15) is 0 Å². The summed E-state index contributed by atoms with van der Waals surface area (Å²) in [5.74, 6) is 0.455. The van der Waals surface area contributed by atoms with Crippen LogP contribution in [0.3, 0.4) is 0 Å². The Hall–Kier alpha value is -3.35. The largest absolute Gasteiger partial charge is 0.494 e. The second-order valence-electron chi connectivity index (χ2n) is 7.54. The highest BCUT2D eigenvalue weighted by atomic mass is 16.5. The highest BCUT2D eigenvalue weighted by Crippen LogP contribution is 2.12. The van der Waals surface area contributed by atoms with E-state index in [4.69, 9.17) is 4.74 Å². The van der Waals surface area contributed by atoms with Crippen LogP contribution in [0.15, 0.2) is 60.7 Å². The topological polar surface area (TPSA) is 87.7 Å². The Balaban J connectivity index is 1.28. The molecule has 1 aliphatic rings. The first-order valence-corrected chi connectivity index (χ1v) is 10.7. The maximum Gasteiger partial charge on any atom is 0.251 e. The third-order valence-corrected chi connectivity index (χ3v) is 5.21. The van der Waals surface area contributed by atoms with E-state index in [1.54, 1.807) is 29.2 Å². The van der Waals surface area contributed by atoms with E-state index in [2.05, 4.69) is 10.6 Å². The summed E-state index contributed by atoms with van der Waals surface area (Å²) in [4.78, 5) is 38.3. The van der Waals surface area contributed by atoms with Crippen molar-refractivity contribution < 1.29 is 19.1 Å². The molecule has 0 radical (unpaired) electrons. The van der Waals surface area contributed by atoms with Crippen molar-refractivity contribution in [1.29, 1.82) is 0 Å². The molecule has 1 heterocycles. The molecule has 0 atom stereocenters. The average molecular weight is 424 g/mol. The number of para-hydroxylation sites is 1. The van der Waals surface area contributed by atoms with Crippen molar-refractivity contribution in [2.45, 2.75) is 31.7 Å². The van der Waals surface area contributed by atoms with Crippen LogP contribution in [-0.4, -0.2) is 54.9 Å². The number of amides is 3. The van der Waals surface area contributed by atoms with Gasteiger partial charge in [-0.1, -0.05) is 36.4 Å². The zero-order valence-electron chi connectivity index (χ0n) is 17.6. The van der Waals surface area contributed by atoms with E-state index >= 15 is 0 Å². The number of rotatable bonds is 9. The summed E-state index contributed by atoms with van der Waals surface area (Å²) >= 11 is 0. The van der Waals surface area contributed by atoms with E-state index < -0.39 is 0 Å². The van der Waals surface area contributed by atoms with Gasteiger partial charge in [-0.05, 0) is 43.5 Å². The zero-order valence-corrected chi connectivity index (χ0v) is 17.6. The normalized spacial score (nSPS) is 14.0. The molecule has 0 aliphatic carbocycles. The van der Waals surface area contributed by atoms with Crippen molar-refractivity contribution in [2.24, 2.45) is 0 Å². The highest BCUT2D eigenvalue weighted by molar-refractivity contribution is 5.96. The molecule has 2 aromatic rings. The first kappa shape index (κ1) is 22.3. The fourth-order valence-corrected chi connectivity index (χ4v) is 3.47. The minimum absolute atomic E-state index is 0.0107. The Morgan fingerprint density at radius 2 is 1.58 bits per heavy atom. The first-order valence-electron chi connectivity index (χ1n) is 10.7. The number of carbonyl (C=O) groups excluding carboxylic acids is 3. The van der Waals surface area contributed by atoms with Gasteiger partial charge in [0.2, 0.25) is 11.8 Å². The Bertz CT molecular complexity index is 850. The molecule has 2 aromatic carbocycles. The molecule has 3 rings (SSSR count). The maximum atomic E-state index is 12.4. The molecular weight excluding hydrogens is 394 g/mol. The van der Waals surface area contributed by atoms with Crippen molar-refractivity contribution in [3.63, 3.8) is 0 Å². The lowest BCUT2D eigenvalue weighted by molar-refractivity contribution is -0.131. The van der Waals surface area contributed by atoms with Gasteiger partial charge in [-0.25, -0.2) is 0 Å². The van der Waals surface area contributed by atoms with Crippen LogP contribution in [0.5, 0.6) is 5.75 Å². The van der Waals surface area contributed by atoms with Crippen molar-refractivity contribution in [2.75, 3.05) is 26.2 Å². The quantitative estimate of drug-likeness (QED) is 0.606. The molecule has 1 fully saturated rings. The fourth-order valence-electron chi connectivity index (χ4n) is 3.47. The predicted octanol–water partition coefficient (Wildman–Crippen LogP) is 2.38. The number of hydrogen-bond donors (Lipinski definition) is 2. The molecule has 0 saturated carbocycles. The molecule has 1 saturated heterocycles. The predicted molar refractivity (Wildman–Crippen MR) is 118 cm³/mol. The number of nitrogens with zero attached hydrogens (tertiary/aromatic N) is 1. The van der Waals surface area contributed by atoms with Crippen LogP contribution < -0.4 is 15.4 Å². The molecule has 0 unspecified atom stereocenters. The van der Waals surface area contributed by atoms with Crippen LogP contribution in [0, 0.1) is 0 Å². The van der Waals surface area contributed by atoms with Gasteiger partial charge < -0.3 is 20.3 Å². The minimum Gasteiger partial charge on any atom is -0.494 e. The van der Waals surface area contributed by atoms with Gasteiger partial charge in [0.15, 0.2) is 0 Å². The van der Waals surface area contributed by atoms with Crippen molar-refractivity contribution in [3.05, 3.63) is 66.2 Å². The van der Waals surface area contributed by atoms with Crippen LogP contribution in [0.2, 0.25) is 0 Å². The highest BCUT2D eigenvalue weighted by Gasteiger charge is 2.24. The van der Waals surface area contributed by atoms with Crippen LogP contribution >= 0.6 is 0 Å². The van der Waals surface area contributed by atoms with Crippen LogP contribution in [0.1, 0.15) is 36.0 Å². The Kier molecular flexibility index (Phi) is 8.46. The number of nitrogens with one attached hydrogen (secondary N) is 2. The Morgan fingerprint density at radius 1 is 0.935 bits per heavy atom. The van der Waals surface area contributed by atoms with E-state index in [1.807, 2.05) is 36.4 Å². The van der Waals surface area contributed by atoms with Crippen molar-refractivity contribution >= 4 is 17.7 Å². The molecule has 1 aliphatic heterocycles. The summed E-state index contributed by atoms with van der Waals surface area (Å²) in [5, 5.41) is 5.71. The van der Waals surface area contributed by atoms with E-state index in [-0.39, 0.29) is 30.3 Å². The minimum atomic E-state index is -0.257. The standard InChI is InChI=1S/C24H29N3O4/c28-22(12-7-17-31-21-10-5-2-6-11-21)26-20-13-15-27(16-14-20)23(29)18-25-24(30)19-8-3-1-4-9-19/h1-6,8-11,20H,7,12-18H2,(H,25,30)(H,26,28). The molecule has 0 aromatic heterocycles. The van der Waals surface area contributed by atoms with E-state index in [0.717, 1.165) is 5.75 Å². The fraction of sp³-hybridized carbons (Fsp3) is 0.375. The lowest BCUT2D eigenvalue weighted by atomic mass is 10.0. The zero-order chi connectivity index (χ0) is 21.9. The third-order valence-electron chi connectivity index (χ3n) is 5.21. The second-order valence-corrected chi connectivity index (χ2v) is 7.54. The SMILES string of the molecule is O=C(CCCOc1ccccc1)NC1CCN(C(=O)CNC(=O)c2ccccc2)CC1. The van der Waals surface area contributed by atoms with Gasteiger partial charge in [0.05, 0.1) is 13.2 Å². The number of ether oxygens (including phenoxy) is 1. The molecule has 31 heavy (non-hydrogen) atoms. The van der Waals surface area contributed by atoms with Gasteiger partial charge in [0.25, 0.3) is 5.91 Å². The monoisotopic (exact) mass is 423 g/mol. The summed E-state index contributed by atoms with van der Waals surface area (Å²) in [6.07, 6.45) is 2.49.